The van der Waals surface area contributed by atoms with Crippen LogP contribution in [0.5, 0.6) is 11.5 Å². The van der Waals surface area contributed by atoms with Crippen molar-refractivity contribution in [3.05, 3.63) is 57.6 Å². The number of allylic oxidation sites excluding steroid dienone is 1. The van der Waals surface area contributed by atoms with Crippen LogP contribution in [0.1, 0.15) is 11.1 Å². The van der Waals surface area contributed by atoms with E-state index in [4.69, 9.17) is 32.7 Å². The van der Waals surface area contributed by atoms with Gasteiger partial charge < -0.3 is 9.47 Å². The first kappa shape index (κ1) is 13.8. The molecule has 3 rings (SSSR count). The van der Waals surface area contributed by atoms with Crippen LogP contribution in [0.2, 0.25) is 10.0 Å². The van der Waals surface area contributed by atoms with Gasteiger partial charge in [-0.15, -0.1) is 0 Å². The minimum Gasteiger partial charge on any atom is -0.454 e. The van der Waals surface area contributed by atoms with Crippen LogP contribution >= 0.6 is 23.2 Å². The van der Waals surface area contributed by atoms with Crippen LogP contribution < -0.4 is 9.47 Å². The van der Waals surface area contributed by atoms with Crippen molar-refractivity contribution in [2.75, 3.05) is 6.79 Å². The van der Waals surface area contributed by atoms with E-state index < -0.39 is 0 Å². The zero-order valence-corrected chi connectivity index (χ0v) is 12.3. The molecule has 3 nitrogen and oxygen atoms in total. The van der Waals surface area contributed by atoms with E-state index in [-0.39, 0.29) is 6.79 Å². The predicted molar refractivity (Wildman–Crippen MR) is 82.5 cm³/mol. The molecule has 0 aromatic heterocycles. The first-order chi connectivity index (χ1) is 10.2. The highest BCUT2D eigenvalue weighted by atomic mass is 35.5. The molecule has 1 heterocycles. The third-order valence-corrected chi connectivity index (χ3v) is 3.80. The molecule has 0 aliphatic carbocycles. The monoisotopic (exact) mass is 317 g/mol. The molecular weight excluding hydrogens is 309 g/mol. The molecule has 1 aliphatic heterocycles. The lowest BCUT2D eigenvalue weighted by atomic mass is 10.0. The zero-order chi connectivity index (χ0) is 14.8. The zero-order valence-electron chi connectivity index (χ0n) is 10.8. The lowest BCUT2D eigenvalue weighted by molar-refractivity contribution is 0.174. The van der Waals surface area contributed by atoms with Gasteiger partial charge in [0.1, 0.15) is 0 Å². The van der Waals surface area contributed by atoms with Crippen molar-refractivity contribution >= 4 is 34.9 Å². The fourth-order valence-corrected chi connectivity index (χ4v) is 2.32. The molecule has 0 saturated carbocycles. The largest absolute Gasteiger partial charge is 0.454 e. The number of nitrogens with zero attached hydrogens (tertiary/aromatic N) is 1. The summed E-state index contributed by atoms with van der Waals surface area (Å²) in [7, 11) is 0. The number of ether oxygens (including phenoxy) is 2. The summed E-state index contributed by atoms with van der Waals surface area (Å²) in [6, 6.07) is 12.8. The molecule has 0 radical (unpaired) electrons. The van der Waals surface area contributed by atoms with Crippen molar-refractivity contribution in [3.8, 4) is 17.6 Å². The van der Waals surface area contributed by atoms with E-state index in [1.807, 2.05) is 6.07 Å². The maximum absolute atomic E-state index is 9.36. The van der Waals surface area contributed by atoms with Crippen molar-refractivity contribution in [1.82, 2.24) is 0 Å². The van der Waals surface area contributed by atoms with Gasteiger partial charge in [0.15, 0.2) is 11.5 Å². The Morgan fingerprint density at radius 1 is 1.05 bits per heavy atom. The fraction of sp³-hybridized carbons (Fsp3) is 0.0625. The van der Waals surface area contributed by atoms with Crippen LogP contribution in [0, 0.1) is 11.3 Å². The van der Waals surface area contributed by atoms with Crippen LogP contribution in [0.3, 0.4) is 0 Å². The molecule has 0 atom stereocenters. The van der Waals surface area contributed by atoms with Crippen LogP contribution in [-0.4, -0.2) is 6.79 Å². The van der Waals surface area contributed by atoms with Gasteiger partial charge in [-0.25, -0.2) is 0 Å². The van der Waals surface area contributed by atoms with Gasteiger partial charge in [-0.1, -0.05) is 29.3 Å². The minimum absolute atomic E-state index is 0.206. The molecule has 1 aliphatic rings. The molecule has 2 aromatic carbocycles. The molecule has 2 aromatic rings. The Bertz CT molecular complexity index is 778. The minimum atomic E-state index is 0.206. The first-order valence-electron chi connectivity index (χ1n) is 6.14. The number of nitriles is 1. The van der Waals surface area contributed by atoms with E-state index in [0.29, 0.717) is 27.1 Å². The summed E-state index contributed by atoms with van der Waals surface area (Å²) in [6.07, 6.45) is 1.75. The predicted octanol–water partition coefficient (Wildman–Crippen LogP) is 4.79. The van der Waals surface area contributed by atoms with Gasteiger partial charge in [-0.2, -0.15) is 5.26 Å². The summed E-state index contributed by atoms with van der Waals surface area (Å²) < 4.78 is 10.6. The maximum atomic E-state index is 9.36. The smallest absolute Gasteiger partial charge is 0.231 e. The number of rotatable bonds is 2. The van der Waals surface area contributed by atoms with E-state index in [1.165, 1.54) is 0 Å². The molecule has 5 heteroatoms. The molecule has 21 heavy (non-hydrogen) atoms. The van der Waals surface area contributed by atoms with E-state index in [1.54, 1.807) is 36.4 Å². The van der Waals surface area contributed by atoms with Gasteiger partial charge in [0.2, 0.25) is 6.79 Å². The van der Waals surface area contributed by atoms with Crippen LogP contribution in [0.15, 0.2) is 36.4 Å². The number of hydrogen-bond donors (Lipinski definition) is 0. The molecule has 0 saturated heterocycles. The summed E-state index contributed by atoms with van der Waals surface area (Å²) >= 11 is 11.9. The van der Waals surface area contributed by atoms with E-state index in [2.05, 4.69) is 6.07 Å². The van der Waals surface area contributed by atoms with Gasteiger partial charge in [0.05, 0.1) is 21.7 Å². The summed E-state index contributed by atoms with van der Waals surface area (Å²) in [4.78, 5) is 0. The normalized spacial score (nSPS) is 13.1. The topological polar surface area (TPSA) is 42.2 Å². The van der Waals surface area contributed by atoms with Gasteiger partial charge in [0, 0.05) is 0 Å². The molecule has 0 amide bonds. The van der Waals surface area contributed by atoms with Gasteiger partial charge in [-0.05, 0) is 47.5 Å². The summed E-state index contributed by atoms with van der Waals surface area (Å²) in [5, 5.41) is 10.3. The van der Waals surface area contributed by atoms with E-state index >= 15 is 0 Å². The van der Waals surface area contributed by atoms with Crippen LogP contribution in [-0.2, 0) is 0 Å². The molecule has 0 fully saturated rings. The molecule has 104 valence electrons. The Balaban J connectivity index is 2.00. The van der Waals surface area contributed by atoms with Crippen molar-refractivity contribution in [2.45, 2.75) is 0 Å². The first-order valence-corrected chi connectivity index (χ1v) is 6.90. The van der Waals surface area contributed by atoms with E-state index in [0.717, 1.165) is 11.1 Å². The number of hydrogen-bond acceptors (Lipinski definition) is 3. The highest BCUT2D eigenvalue weighted by molar-refractivity contribution is 6.42. The molecule has 0 spiro atoms. The average Bonchev–Trinajstić information content (AvgIpc) is 2.95. The standard InChI is InChI=1S/C16H9Cl2NO2/c17-13-3-1-10(6-14(13)18)5-12(8-19)11-2-4-15-16(7-11)21-9-20-15/h1-7H,9H2/b12-5+. The maximum Gasteiger partial charge on any atom is 0.231 e. The fourth-order valence-electron chi connectivity index (χ4n) is 2.01. The number of fused-ring (bicyclic) bond motifs is 1. The second kappa shape index (κ2) is 5.69. The molecule has 0 unspecified atom stereocenters. The average molecular weight is 318 g/mol. The second-order valence-corrected chi connectivity index (χ2v) is 5.23. The highest BCUT2D eigenvalue weighted by Gasteiger charge is 2.14. The Hall–Kier alpha value is -2.15. The van der Waals surface area contributed by atoms with E-state index in [9.17, 15) is 5.26 Å². The van der Waals surface area contributed by atoms with Crippen molar-refractivity contribution < 1.29 is 9.47 Å². The van der Waals surface area contributed by atoms with Crippen molar-refractivity contribution in [1.29, 1.82) is 5.26 Å². The Morgan fingerprint density at radius 2 is 1.86 bits per heavy atom. The van der Waals surface area contributed by atoms with Gasteiger partial charge >= 0.3 is 0 Å². The number of benzene rings is 2. The highest BCUT2D eigenvalue weighted by Crippen LogP contribution is 2.35. The Morgan fingerprint density at radius 3 is 2.62 bits per heavy atom. The molecular formula is C16H9Cl2NO2. The lowest BCUT2D eigenvalue weighted by Gasteiger charge is -2.03. The van der Waals surface area contributed by atoms with Crippen molar-refractivity contribution in [2.24, 2.45) is 0 Å². The molecule has 0 N–H and O–H groups in total. The van der Waals surface area contributed by atoms with Crippen LogP contribution in [0.25, 0.3) is 11.6 Å². The third-order valence-electron chi connectivity index (χ3n) is 3.06. The van der Waals surface area contributed by atoms with Crippen molar-refractivity contribution in [3.63, 3.8) is 0 Å². The SMILES string of the molecule is N#C/C(=C\c1ccc(Cl)c(Cl)c1)c1ccc2c(c1)OCO2. The summed E-state index contributed by atoms with van der Waals surface area (Å²) in [5.74, 6) is 1.33. The molecule has 0 bridgehead atoms. The third kappa shape index (κ3) is 2.82. The van der Waals surface area contributed by atoms with Gasteiger partial charge in [-0.3, -0.25) is 0 Å². The number of halogens is 2. The van der Waals surface area contributed by atoms with Gasteiger partial charge in [0.25, 0.3) is 0 Å². The van der Waals surface area contributed by atoms with Crippen LogP contribution in [0.4, 0.5) is 0 Å². The quantitative estimate of drug-likeness (QED) is 0.591. The Labute approximate surface area is 131 Å². The summed E-state index contributed by atoms with van der Waals surface area (Å²) in [5.41, 5.74) is 2.07. The summed E-state index contributed by atoms with van der Waals surface area (Å²) in [6.45, 7) is 0.206. The lowest BCUT2D eigenvalue weighted by Crippen LogP contribution is -1.92. The second-order valence-electron chi connectivity index (χ2n) is 4.41. The Kier molecular flexibility index (Phi) is 3.74.